The number of nitrogen functional groups attached to an aromatic ring is 1. The zero-order chi connectivity index (χ0) is 26.1. The summed E-state index contributed by atoms with van der Waals surface area (Å²) >= 11 is 1.04. The first-order chi connectivity index (χ1) is 17.1. The Hall–Kier alpha value is -3.82. The van der Waals surface area contributed by atoms with Gasteiger partial charge in [-0.15, -0.1) is 11.3 Å². The van der Waals surface area contributed by atoms with Crippen LogP contribution in [0.25, 0.3) is 0 Å². The molecule has 1 aromatic heterocycles. The quantitative estimate of drug-likeness (QED) is 0.179. The number of carbonyl (C=O) groups is 5. The van der Waals surface area contributed by atoms with E-state index in [4.69, 9.17) is 10.4 Å². The number of nitrogens with two attached hydrogens (primary N) is 1. The van der Waals surface area contributed by atoms with Gasteiger partial charge >= 0.3 is 25.0 Å². The number of imide groups is 1. The Balaban J connectivity index is 1.53. The van der Waals surface area contributed by atoms with Crippen LogP contribution in [0.3, 0.4) is 0 Å². The number of benzene rings is 1. The van der Waals surface area contributed by atoms with Gasteiger partial charge in [0, 0.05) is 17.6 Å². The number of hydrogen-bond donors (Lipinski definition) is 4. The van der Waals surface area contributed by atoms with E-state index in [2.05, 4.69) is 10.3 Å². The summed E-state index contributed by atoms with van der Waals surface area (Å²) in [6.07, 6.45) is -0.0146. The van der Waals surface area contributed by atoms with E-state index < -0.39 is 42.6 Å². The standard InChI is InChI=1S/C21H22BN5O8S/c1-10(28)13-4-2-3-11-7-12(22(33)35-17(11)13)8-15(29)16(14-9-36-20(23)24-14)25-21(32)26-5-6-27(34)19(31)18(26)30/h2-4,9,12,16,33-34H,5-8H2,1H3,(H2,23,24)(H,25,32)/t12-,16?/m1/s1. The third kappa shape index (κ3) is 4.93. The van der Waals surface area contributed by atoms with Gasteiger partial charge in [0.1, 0.15) is 11.8 Å². The van der Waals surface area contributed by atoms with Crippen LogP contribution in [0.2, 0.25) is 5.82 Å². The highest BCUT2D eigenvalue weighted by Gasteiger charge is 2.41. The van der Waals surface area contributed by atoms with Crippen molar-refractivity contribution in [2.45, 2.75) is 31.6 Å². The molecule has 0 saturated carbocycles. The van der Waals surface area contributed by atoms with Crippen molar-refractivity contribution >= 4 is 53.0 Å². The largest absolute Gasteiger partial charge is 0.535 e. The Morgan fingerprint density at radius 2 is 2.06 bits per heavy atom. The van der Waals surface area contributed by atoms with Crippen LogP contribution in [0.5, 0.6) is 5.75 Å². The van der Waals surface area contributed by atoms with E-state index in [-0.39, 0.29) is 53.4 Å². The van der Waals surface area contributed by atoms with Crippen LogP contribution in [-0.2, 0) is 20.8 Å². The number of hydroxylamine groups is 2. The lowest BCUT2D eigenvalue weighted by Crippen LogP contribution is -2.58. The molecular weight excluding hydrogens is 493 g/mol. The number of urea groups is 1. The van der Waals surface area contributed by atoms with Gasteiger partial charge < -0.3 is 20.7 Å². The number of Topliss-reactive ketones (excluding diaryl/α,β-unsaturated/α-hetero) is 2. The second-order valence-electron chi connectivity index (χ2n) is 8.37. The number of nitrogens with one attached hydrogen (secondary N) is 1. The summed E-state index contributed by atoms with van der Waals surface area (Å²) in [7, 11) is -1.39. The molecule has 1 aromatic carbocycles. The Kier molecular flexibility index (Phi) is 7.05. The molecule has 3 heterocycles. The summed E-state index contributed by atoms with van der Waals surface area (Å²) in [4.78, 5) is 66.6. The van der Waals surface area contributed by atoms with Crippen molar-refractivity contribution in [3.8, 4) is 5.75 Å². The van der Waals surface area contributed by atoms with Crippen molar-refractivity contribution in [1.82, 2.24) is 20.3 Å². The number of para-hydroxylation sites is 1. The third-order valence-electron chi connectivity index (χ3n) is 5.93. The molecule has 1 saturated heterocycles. The number of aromatic nitrogens is 1. The fourth-order valence-corrected chi connectivity index (χ4v) is 4.67. The van der Waals surface area contributed by atoms with Gasteiger partial charge in [-0.1, -0.05) is 12.1 Å². The Morgan fingerprint density at radius 3 is 2.72 bits per heavy atom. The van der Waals surface area contributed by atoms with Gasteiger partial charge in [-0.2, -0.15) is 0 Å². The lowest BCUT2D eigenvalue weighted by atomic mass is 9.64. The van der Waals surface area contributed by atoms with Crippen molar-refractivity contribution in [2.75, 3.05) is 18.8 Å². The van der Waals surface area contributed by atoms with E-state index in [0.717, 1.165) is 11.3 Å². The van der Waals surface area contributed by atoms with Crippen molar-refractivity contribution < 1.29 is 38.9 Å². The molecule has 0 bridgehead atoms. The first-order valence-electron chi connectivity index (χ1n) is 10.9. The van der Waals surface area contributed by atoms with Gasteiger partial charge in [-0.3, -0.25) is 29.3 Å². The van der Waals surface area contributed by atoms with Crippen LogP contribution >= 0.6 is 11.3 Å². The molecular formula is C21H22BN5O8S. The van der Waals surface area contributed by atoms with Crippen molar-refractivity contribution in [1.29, 1.82) is 0 Å². The van der Waals surface area contributed by atoms with E-state index in [1.54, 1.807) is 18.2 Å². The molecule has 1 unspecified atom stereocenters. The summed E-state index contributed by atoms with van der Waals surface area (Å²) in [5.41, 5.74) is 6.79. The molecule has 4 amide bonds. The van der Waals surface area contributed by atoms with E-state index >= 15 is 0 Å². The molecule has 13 nitrogen and oxygen atoms in total. The van der Waals surface area contributed by atoms with Crippen LogP contribution in [0, 0.1) is 0 Å². The predicted molar refractivity (Wildman–Crippen MR) is 125 cm³/mol. The average molecular weight is 515 g/mol. The van der Waals surface area contributed by atoms with Gasteiger partial charge in [-0.05, 0) is 25.0 Å². The minimum absolute atomic E-state index is 0.126. The third-order valence-corrected chi connectivity index (χ3v) is 6.62. The van der Waals surface area contributed by atoms with Crippen molar-refractivity contribution in [3.05, 3.63) is 40.4 Å². The molecule has 15 heteroatoms. The Labute approximate surface area is 208 Å². The molecule has 188 valence electrons. The number of thiazole rings is 1. The monoisotopic (exact) mass is 515 g/mol. The number of anilines is 1. The summed E-state index contributed by atoms with van der Waals surface area (Å²) < 4.78 is 5.58. The molecule has 0 aliphatic carbocycles. The molecule has 2 aliphatic rings. The smallest absolute Gasteiger partial charge is 0.526 e. The molecule has 2 aliphatic heterocycles. The molecule has 1 fully saturated rings. The number of fused-ring (bicyclic) bond motifs is 1. The fourth-order valence-electron chi connectivity index (χ4n) is 4.08. The summed E-state index contributed by atoms with van der Waals surface area (Å²) in [5.74, 6) is -3.74. The maximum atomic E-state index is 13.3. The summed E-state index contributed by atoms with van der Waals surface area (Å²) in [6.45, 7) is 0.817. The lowest BCUT2D eigenvalue weighted by molar-refractivity contribution is -0.180. The van der Waals surface area contributed by atoms with Crippen LogP contribution in [0.1, 0.15) is 41.0 Å². The van der Waals surface area contributed by atoms with Gasteiger partial charge in [0.15, 0.2) is 16.7 Å². The minimum Gasteiger partial charge on any atom is -0.535 e. The first kappa shape index (κ1) is 25.3. The second-order valence-corrected chi connectivity index (χ2v) is 9.26. The summed E-state index contributed by atoms with van der Waals surface area (Å²) in [5, 5.41) is 24.2. The predicted octanol–water partition coefficient (Wildman–Crippen LogP) is 0.184. The zero-order valence-electron chi connectivity index (χ0n) is 19.0. The van der Waals surface area contributed by atoms with Crippen LogP contribution < -0.4 is 15.7 Å². The van der Waals surface area contributed by atoms with Crippen LogP contribution in [0.15, 0.2) is 23.6 Å². The second kappa shape index (κ2) is 10.0. The topological polar surface area (TPSA) is 192 Å². The fraction of sp³-hybridized carbons (Fsp3) is 0.333. The Bertz CT molecular complexity index is 1250. The van der Waals surface area contributed by atoms with E-state index in [0.29, 0.717) is 16.0 Å². The van der Waals surface area contributed by atoms with E-state index in [1.165, 1.54) is 12.3 Å². The lowest BCUT2D eigenvalue weighted by Gasteiger charge is -2.31. The zero-order valence-corrected chi connectivity index (χ0v) is 19.9. The van der Waals surface area contributed by atoms with Gasteiger partial charge in [0.25, 0.3) is 0 Å². The van der Waals surface area contributed by atoms with E-state index in [1.807, 2.05) is 0 Å². The number of ketones is 2. The van der Waals surface area contributed by atoms with Crippen LogP contribution in [0.4, 0.5) is 9.93 Å². The highest BCUT2D eigenvalue weighted by atomic mass is 32.1. The molecule has 2 aromatic rings. The van der Waals surface area contributed by atoms with Gasteiger partial charge in [-0.25, -0.2) is 14.8 Å². The summed E-state index contributed by atoms with van der Waals surface area (Å²) in [6, 6.07) is 2.64. The SMILES string of the molecule is CC(=O)c1cccc2c1OB(O)[C@@H](CC(=O)C(NC(=O)N1CCN(O)C(=O)C1=O)c1csc(N)n1)C2. The normalized spacial score (nSPS) is 18.4. The number of nitrogens with zero attached hydrogens (tertiary/aromatic N) is 3. The maximum Gasteiger partial charge on any atom is 0.526 e. The first-order valence-corrected chi connectivity index (χ1v) is 11.8. The number of piperazine rings is 1. The highest BCUT2D eigenvalue weighted by molar-refractivity contribution is 7.13. The maximum absolute atomic E-state index is 13.3. The number of hydrogen-bond acceptors (Lipinski definition) is 11. The Morgan fingerprint density at radius 1 is 1.31 bits per heavy atom. The molecule has 0 radical (unpaired) electrons. The van der Waals surface area contributed by atoms with E-state index in [9.17, 15) is 34.2 Å². The number of carbonyl (C=O) groups excluding carboxylic acids is 5. The van der Waals surface area contributed by atoms with Crippen molar-refractivity contribution in [2.24, 2.45) is 0 Å². The minimum atomic E-state index is -1.39. The number of amides is 4. The van der Waals surface area contributed by atoms with Gasteiger partial charge in [0.2, 0.25) is 0 Å². The molecule has 2 atom stereocenters. The van der Waals surface area contributed by atoms with Crippen molar-refractivity contribution in [3.63, 3.8) is 0 Å². The molecule has 4 rings (SSSR count). The molecule has 36 heavy (non-hydrogen) atoms. The molecule has 5 N–H and O–H groups in total. The van der Waals surface area contributed by atoms with Gasteiger partial charge in [0.05, 0.1) is 24.3 Å². The van der Waals surface area contributed by atoms with Crippen LogP contribution in [-0.4, -0.2) is 74.8 Å². The highest BCUT2D eigenvalue weighted by Crippen LogP contribution is 2.37. The number of rotatable bonds is 6. The molecule has 0 spiro atoms. The average Bonchev–Trinajstić information content (AvgIpc) is 3.26.